The standard InChI is InChI=1S/C17H23N5OS/c1-9-6-18-22(7-9)8-10(2)19-12(4)15-20-16(23)14-11(3)13(5)24-17(14)21-15/h6-7,10,12,19H,8H2,1-5H3,(H,20,21,23)/t10-,12-/m1/s1. The zero-order chi connectivity index (χ0) is 17.4. The zero-order valence-electron chi connectivity index (χ0n) is 14.7. The minimum Gasteiger partial charge on any atom is -0.309 e. The Balaban J connectivity index is 1.78. The molecule has 0 saturated heterocycles. The average molecular weight is 345 g/mol. The Morgan fingerprint density at radius 1 is 1.33 bits per heavy atom. The molecule has 2 N–H and O–H groups in total. The van der Waals surface area contributed by atoms with Crippen molar-refractivity contribution < 1.29 is 0 Å². The molecule has 2 atom stereocenters. The molecule has 0 aliphatic heterocycles. The molecule has 0 aliphatic carbocycles. The third-order valence-corrected chi connectivity index (χ3v) is 5.33. The highest BCUT2D eigenvalue weighted by Gasteiger charge is 2.16. The van der Waals surface area contributed by atoms with Crippen LogP contribution >= 0.6 is 11.3 Å². The van der Waals surface area contributed by atoms with E-state index < -0.39 is 0 Å². The van der Waals surface area contributed by atoms with Crippen molar-refractivity contribution in [1.82, 2.24) is 25.1 Å². The summed E-state index contributed by atoms with van der Waals surface area (Å²) in [7, 11) is 0. The number of aromatic amines is 1. The number of fused-ring (bicyclic) bond motifs is 1. The summed E-state index contributed by atoms with van der Waals surface area (Å²) in [4.78, 5) is 21.9. The van der Waals surface area contributed by atoms with Crippen LogP contribution in [-0.4, -0.2) is 25.8 Å². The van der Waals surface area contributed by atoms with Gasteiger partial charge in [-0.1, -0.05) is 0 Å². The van der Waals surface area contributed by atoms with E-state index in [0.717, 1.165) is 27.4 Å². The Bertz CT molecular complexity index is 923. The SMILES string of the molecule is Cc1cnn(C[C@@H](C)N[C@H](C)c2nc3sc(C)c(C)c3c(=O)[nH]2)c1. The molecule has 0 aromatic carbocycles. The summed E-state index contributed by atoms with van der Waals surface area (Å²) >= 11 is 1.58. The third-order valence-electron chi connectivity index (χ3n) is 4.23. The molecule has 0 amide bonds. The number of nitrogens with zero attached hydrogens (tertiary/aromatic N) is 3. The van der Waals surface area contributed by atoms with Crippen LogP contribution in [0.3, 0.4) is 0 Å². The maximum Gasteiger partial charge on any atom is 0.259 e. The predicted octanol–water partition coefficient (Wildman–Crippen LogP) is 2.85. The van der Waals surface area contributed by atoms with Crippen molar-refractivity contribution in [2.75, 3.05) is 0 Å². The first-order valence-corrected chi connectivity index (χ1v) is 8.92. The highest BCUT2D eigenvalue weighted by molar-refractivity contribution is 7.18. The maximum atomic E-state index is 12.4. The van der Waals surface area contributed by atoms with Crippen molar-refractivity contribution in [3.05, 3.63) is 44.6 Å². The Morgan fingerprint density at radius 3 is 2.75 bits per heavy atom. The number of H-pyrrole nitrogens is 1. The quantitative estimate of drug-likeness (QED) is 0.745. The number of aromatic nitrogens is 4. The molecule has 7 heteroatoms. The molecule has 0 fully saturated rings. The van der Waals surface area contributed by atoms with Gasteiger partial charge in [-0.25, -0.2) is 4.98 Å². The zero-order valence-corrected chi connectivity index (χ0v) is 15.5. The monoisotopic (exact) mass is 345 g/mol. The number of thiophene rings is 1. The molecule has 3 rings (SSSR count). The van der Waals surface area contributed by atoms with Crippen molar-refractivity contribution in [2.45, 2.75) is 53.2 Å². The first-order chi connectivity index (χ1) is 11.3. The molecular weight excluding hydrogens is 322 g/mol. The smallest absolute Gasteiger partial charge is 0.259 e. The van der Waals surface area contributed by atoms with Crippen LogP contribution in [0.15, 0.2) is 17.2 Å². The average Bonchev–Trinajstić information content (AvgIpc) is 3.02. The van der Waals surface area contributed by atoms with Crippen molar-refractivity contribution in [3.8, 4) is 0 Å². The minimum absolute atomic E-state index is 0.0449. The van der Waals surface area contributed by atoms with Gasteiger partial charge in [-0.15, -0.1) is 11.3 Å². The fourth-order valence-electron chi connectivity index (χ4n) is 2.88. The lowest BCUT2D eigenvalue weighted by Gasteiger charge is -2.19. The third kappa shape index (κ3) is 3.27. The Morgan fingerprint density at radius 2 is 2.08 bits per heavy atom. The minimum atomic E-state index is -0.0548. The van der Waals surface area contributed by atoms with Crippen LogP contribution in [0, 0.1) is 20.8 Å². The molecule has 3 aromatic heterocycles. The fraction of sp³-hybridized carbons (Fsp3) is 0.471. The summed E-state index contributed by atoms with van der Waals surface area (Å²) in [5.41, 5.74) is 2.12. The number of nitrogens with one attached hydrogen (secondary N) is 2. The summed E-state index contributed by atoms with van der Waals surface area (Å²) < 4.78 is 1.92. The van der Waals surface area contributed by atoms with Crippen LogP contribution in [0.1, 0.15) is 41.7 Å². The van der Waals surface area contributed by atoms with Crippen molar-refractivity contribution in [1.29, 1.82) is 0 Å². The molecule has 3 heterocycles. The highest BCUT2D eigenvalue weighted by Crippen LogP contribution is 2.26. The van der Waals surface area contributed by atoms with Gasteiger partial charge in [0, 0.05) is 17.1 Å². The van der Waals surface area contributed by atoms with Gasteiger partial charge in [-0.3, -0.25) is 9.48 Å². The normalized spacial score (nSPS) is 14.2. The van der Waals surface area contributed by atoms with E-state index in [0.29, 0.717) is 11.2 Å². The molecule has 0 spiro atoms. The first-order valence-electron chi connectivity index (χ1n) is 8.10. The van der Waals surface area contributed by atoms with E-state index in [2.05, 4.69) is 27.3 Å². The van der Waals surface area contributed by atoms with E-state index >= 15 is 0 Å². The van der Waals surface area contributed by atoms with Crippen molar-refractivity contribution in [3.63, 3.8) is 0 Å². The van der Waals surface area contributed by atoms with Crippen LogP contribution in [-0.2, 0) is 6.54 Å². The highest BCUT2D eigenvalue weighted by atomic mass is 32.1. The van der Waals surface area contributed by atoms with E-state index in [1.54, 1.807) is 11.3 Å². The lowest BCUT2D eigenvalue weighted by atomic mass is 10.2. The van der Waals surface area contributed by atoms with Gasteiger partial charge in [0.25, 0.3) is 5.56 Å². The molecule has 128 valence electrons. The van der Waals surface area contributed by atoms with Gasteiger partial charge >= 0.3 is 0 Å². The summed E-state index contributed by atoms with van der Waals surface area (Å²) in [5.74, 6) is 0.678. The van der Waals surface area contributed by atoms with Crippen LogP contribution < -0.4 is 10.9 Å². The van der Waals surface area contributed by atoms with Crippen LogP contribution in [0.2, 0.25) is 0 Å². The van der Waals surface area contributed by atoms with Gasteiger partial charge in [0.05, 0.1) is 24.2 Å². The Labute approximate surface area is 144 Å². The van der Waals surface area contributed by atoms with Crippen LogP contribution in [0.25, 0.3) is 10.2 Å². The van der Waals surface area contributed by atoms with E-state index in [1.807, 2.05) is 44.8 Å². The lowest BCUT2D eigenvalue weighted by Crippen LogP contribution is -2.34. The molecular formula is C17H23N5OS. The maximum absolute atomic E-state index is 12.4. The van der Waals surface area contributed by atoms with E-state index in [9.17, 15) is 4.79 Å². The molecule has 0 radical (unpaired) electrons. The Kier molecular flexibility index (Phi) is 4.56. The van der Waals surface area contributed by atoms with Gasteiger partial charge in [0.2, 0.25) is 0 Å². The lowest BCUT2D eigenvalue weighted by molar-refractivity contribution is 0.404. The molecule has 0 bridgehead atoms. The van der Waals surface area contributed by atoms with Crippen molar-refractivity contribution in [2.24, 2.45) is 0 Å². The van der Waals surface area contributed by atoms with Crippen LogP contribution in [0.4, 0.5) is 0 Å². The van der Waals surface area contributed by atoms with Gasteiger partial charge in [0.15, 0.2) is 0 Å². The largest absolute Gasteiger partial charge is 0.309 e. The second-order valence-electron chi connectivity index (χ2n) is 6.44. The summed E-state index contributed by atoms with van der Waals surface area (Å²) in [5, 5.41) is 8.50. The van der Waals surface area contributed by atoms with Gasteiger partial charge < -0.3 is 10.3 Å². The molecule has 0 aliphatic rings. The molecule has 6 nitrogen and oxygen atoms in total. The van der Waals surface area contributed by atoms with Gasteiger partial charge in [-0.2, -0.15) is 5.10 Å². The van der Waals surface area contributed by atoms with E-state index in [4.69, 9.17) is 0 Å². The van der Waals surface area contributed by atoms with E-state index in [1.165, 1.54) is 0 Å². The molecule has 3 aromatic rings. The second-order valence-corrected chi connectivity index (χ2v) is 7.65. The van der Waals surface area contributed by atoms with Crippen molar-refractivity contribution >= 4 is 21.6 Å². The summed E-state index contributed by atoms with van der Waals surface area (Å²) in [6.45, 7) is 10.9. The summed E-state index contributed by atoms with van der Waals surface area (Å²) in [6.07, 6.45) is 3.87. The predicted molar refractivity (Wildman–Crippen MR) is 97.7 cm³/mol. The number of hydrogen-bond donors (Lipinski definition) is 2. The summed E-state index contributed by atoms with van der Waals surface area (Å²) in [6, 6.07) is 0.156. The second kappa shape index (κ2) is 6.49. The number of rotatable bonds is 5. The topological polar surface area (TPSA) is 75.6 Å². The molecule has 0 unspecified atom stereocenters. The number of aryl methyl sites for hydroxylation is 3. The Hall–Kier alpha value is -1.99. The first kappa shape index (κ1) is 16.9. The van der Waals surface area contributed by atoms with E-state index in [-0.39, 0.29) is 17.6 Å². The molecule has 0 saturated carbocycles. The van der Waals surface area contributed by atoms with Gasteiger partial charge in [0.1, 0.15) is 10.7 Å². The number of hydrogen-bond acceptors (Lipinski definition) is 5. The fourth-order valence-corrected chi connectivity index (χ4v) is 3.92. The van der Waals surface area contributed by atoms with Crippen LogP contribution in [0.5, 0.6) is 0 Å². The van der Waals surface area contributed by atoms with Gasteiger partial charge in [-0.05, 0) is 45.7 Å². The molecule has 24 heavy (non-hydrogen) atoms.